The maximum absolute atomic E-state index is 8.33. The fourth-order valence-corrected chi connectivity index (χ4v) is 0.338. The van der Waals surface area contributed by atoms with Crippen LogP contribution in [0.4, 0.5) is 0 Å². The molecule has 0 amide bonds. The lowest BCUT2D eigenvalue weighted by Crippen LogP contribution is -2.21. The summed E-state index contributed by atoms with van der Waals surface area (Å²) in [6.07, 6.45) is 0.844. The van der Waals surface area contributed by atoms with E-state index in [1.807, 2.05) is 14.0 Å². The van der Waals surface area contributed by atoms with Crippen molar-refractivity contribution < 1.29 is 5.11 Å². The van der Waals surface area contributed by atoms with Gasteiger partial charge in [0.2, 0.25) is 0 Å². The van der Waals surface area contributed by atoms with Crippen molar-refractivity contribution in [2.75, 3.05) is 13.7 Å². The number of rotatable bonds is 3. The van der Waals surface area contributed by atoms with Gasteiger partial charge in [0.25, 0.3) is 0 Å². The van der Waals surface area contributed by atoms with E-state index in [1.165, 1.54) is 0 Å². The van der Waals surface area contributed by atoms with Crippen LogP contribution in [0.3, 0.4) is 0 Å². The molecule has 2 N–H and O–H groups in total. The lowest BCUT2D eigenvalue weighted by molar-refractivity contribution is 0.272. The Morgan fingerprint density at radius 1 is 1.71 bits per heavy atom. The number of nitrogens with one attached hydrogen (secondary N) is 1. The van der Waals surface area contributed by atoms with E-state index in [2.05, 4.69) is 5.32 Å². The van der Waals surface area contributed by atoms with E-state index in [9.17, 15) is 0 Å². The third kappa shape index (κ3) is 3.76. The summed E-state index contributed by atoms with van der Waals surface area (Å²) in [7, 11) is 1.89. The highest BCUT2D eigenvalue weighted by Gasteiger charge is 1.92. The summed E-state index contributed by atoms with van der Waals surface area (Å²) in [5, 5.41) is 11.3. The molecule has 0 aliphatic carbocycles. The first-order valence-electron chi connectivity index (χ1n) is 2.59. The second kappa shape index (κ2) is 4.09. The minimum atomic E-state index is 0.280. The van der Waals surface area contributed by atoms with Crippen molar-refractivity contribution in [2.45, 2.75) is 19.4 Å². The number of hydrogen-bond acceptors (Lipinski definition) is 2. The van der Waals surface area contributed by atoms with Crippen LogP contribution in [-0.4, -0.2) is 24.8 Å². The van der Waals surface area contributed by atoms with Gasteiger partial charge in [0.15, 0.2) is 0 Å². The van der Waals surface area contributed by atoms with Gasteiger partial charge in [-0.15, -0.1) is 0 Å². The van der Waals surface area contributed by atoms with Crippen molar-refractivity contribution >= 4 is 0 Å². The normalized spacial score (nSPS) is 14.1. The molecule has 0 unspecified atom stereocenters. The summed E-state index contributed by atoms with van der Waals surface area (Å²) in [4.78, 5) is 0. The molecule has 1 atom stereocenters. The molecule has 0 aliphatic rings. The molecule has 0 radical (unpaired) electrons. The van der Waals surface area contributed by atoms with E-state index in [1.54, 1.807) is 0 Å². The molecule has 44 valence electrons. The van der Waals surface area contributed by atoms with Crippen LogP contribution in [0, 0.1) is 0 Å². The summed E-state index contributed by atoms with van der Waals surface area (Å²) in [6, 6.07) is 0.449. The molecule has 2 heteroatoms. The molecule has 0 bridgehead atoms. The lowest BCUT2D eigenvalue weighted by Gasteiger charge is -2.04. The molecule has 7 heavy (non-hydrogen) atoms. The van der Waals surface area contributed by atoms with Gasteiger partial charge in [-0.1, -0.05) is 0 Å². The number of aliphatic hydroxyl groups excluding tert-OH is 1. The van der Waals surface area contributed by atoms with Crippen molar-refractivity contribution in [2.24, 2.45) is 0 Å². The first-order chi connectivity index (χ1) is 3.31. The van der Waals surface area contributed by atoms with E-state index >= 15 is 0 Å². The van der Waals surface area contributed by atoms with Crippen molar-refractivity contribution in [3.8, 4) is 0 Å². The topological polar surface area (TPSA) is 32.3 Å². The molecule has 0 aromatic heterocycles. The van der Waals surface area contributed by atoms with Gasteiger partial charge in [0, 0.05) is 12.6 Å². The molecule has 2 nitrogen and oxygen atoms in total. The highest BCUT2D eigenvalue weighted by molar-refractivity contribution is 4.53. The monoisotopic (exact) mass is 103 g/mol. The molecule has 0 spiro atoms. The van der Waals surface area contributed by atoms with E-state index < -0.39 is 0 Å². The predicted octanol–water partition coefficient (Wildman–Crippen LogP) is -0.0233. The zero-order valence-corrected chi connectivity index (χ0v) is 4.94. The zero-order chi connectivity index (χ0) is 5.70. The van der Waals surface area contributed by atoms with Crippen LogP contribution in [0.5, 0.6) is 0 Å². The second-order valence-corrected chi connectivity index (χ2v) is 1.70. The predicted molar refractivity (Wildman–Crippen MR) is 30.2 cm³/mol. The molecule has 0 aromatic rings. The van der Waals surface area contributed by atoms with Crippen LogP contribution in [0.25, 0.3) is 0 Å². The van der Waals surface area contributed by atoms with Gasteiger partial charge in [-0.05, 0) is 20.4 Å². The minimum Gasteiger partial charge on any atom is -0.396 e. The van der Waals surface area contributed by atoms with Gasteiger partial charge >= 0.3 is 0 Å². The average Bonchev–Trinajstić information content (AvgIpc) is 1.68. The highest BCUT2D eigenvalue weighted by atomic mass is 16.3. The summed E-state index contributed by atoms with van der Waals surface area (Å²) in [5.41, 5.74) is 0. The summed E-state index contributed by atoms with van der Waals surface area (Å²) < 4.78 is 0. The van der Waals surface area contributed by atoms with Crippen LogP contribution in [0.1, 0.15) is 13.3 Å². The quantitative estimate of drug-likeness (QED) is 0.526. The molecule has 0 saturated heterocycles. The van der Waals surface area contributed by atoms with Crippen LogP contribution in [-0.2, 0) is 0 Å². The van der Waals surface area contributed by atoms with E-state index in [-0.39, 0.29) is 6.61 Å². The van der Waals surface area contributed by atoms with E-state index in [0.29, 0.717) is 6.04 Å². The highest BCUT2D eigenvalue weighted by Crippen LogP contribution is 1.83. The van der Waals surface area contributed by atoms with Gasteiger partial charge in [-0.2, -0.15) is 0 Å². The fraction of sp³-hybridized carbons (Fsp3) is 1.00. The van der Waals surface area contributed by atoms with Crippen molar-refractivity contribution in [1.82, 2.24) is 5.32 Å². The maximum Gasteiger partial charge on any atom is 0.0445 e. The van der Waals surface area contributed by atoms with E-state index in [4.69, 9.17) is 5.11 Å². The lowest BCUT2D eigenvalue weighted by atomic mass is 10.2. The summed E-state index contributed by atoms with van der Waals surface area (Å²) in [5.74, 6) is 0. The fourth-order valence-electron chi connectivity index (χ4n) is 0.338. The smallest absolute Gasteiger partial charge is 0.0445 e. The van der Waals surface area contributed by atoms with Gasteiger partial charge in [0.1, 0.15) is 0 Å². The SMILES string of the molecule is CN[C@@H](C)CCO. The third-order valence-corrected chi connectivity index (χ3v) is 1.05. The number of hydrogen-bond donors (Lipinski definition) is 2. The molecular weight excluding hydrogens is 90.1 g/mol. The molecular formula is C5H13NO. The van der Waals surface area contributed by atoms with Crippen LogP contribution in [0.15, 0.2) is 0 Å². The standard InChI is InChI=1S/C5H13NO/c1-5(6-2)3-4-7/h5-7H,3-4H2,1-2H3/t5-/m0/s1. The van der Waals surface area contributed by atoms with Crippen molar-refractivity contribution in [1.29, 1.82) is 0 Å². The molecule has 0 aliphatic heterocycles. The van der Waals surface area contributed by atoms with Crippen LogP contribution in [0.2, 0.25) is 0 Å². The first-order valence-corrected chi connectivity index (χ1v) is 2.59. The van der Waals surface area contributed by atoms with Gasteiger partial charge < -0.3 is 10.4 Å². The van der Waals surface area contributed by atoms with E-state index in [0.717, 1.165) is 6.42 Å². The Morgan fingerprint density at radius 2 is 2.29 bits per heavy atom. The van der Waals surface area contributed by atoms with Gasteiger partial charge in [0.05, 0.1) is 0 Å². The molecule has 0 rings (SSSR count). The first kappa shape index (κ1) is 6.92. The summed E-state index contributed by atoms with van der Waals surface area (Å²) in [6.45, 7) is 2.32. The Bertz CT molecular complexity index is 39.1. The Labute approximate surface area is 44.5 Å². The third-order valence-electron chi connectivity index (χ3n) is 1.05. The molecule has 0 fully saturated rings. The Morgan fingerprint density at radius 3 is 2.43 bits per heavy atom. The summed E-state index contributed by atoms with van der Waals surface area (Å²) >= 11 is 0. The molecule has 0 aromatic carbocycles. The minimum absolute atomic E-state index is 0.280. The van der Waals surface area contributed by atoms with Gasteiger partial charge in [-0.3, -0.25) is 0 Å². The zero-order valence-electron chi connectivity index (χ0n) is 4.94. The van der Waals surface area contributed by atoms with Crippen molar-refractivity contribution in [3.63, 3.8) is 0 Å². The Balaban J connectivity index is 2.83. The maximum atomic E-state index is 8.33. The average molecular weight is 103 g/mol. The Kier molecular flexibility index (Phi) is 4.04. The van der Waals surface area contributed by atoms with Gasteiger partial charge in [-0.25, -0.2) is 0 Å². The van der Waals surface area contributed by atoms with Crippen LogP contribution < -0.4 is 5.32 Å². The largest absolute Gasteiger partial charge is 0.396 e. The van der Waals surface area contributed by atoms with Crippen molar-refractivity contribution in [3.05, 3.63) is 0 Å². The molecule has 0 heterocycles. The van der Waals surface area contributed by atoms with Crippen LogP contribution >= 0.6 is 0 Å². The molecule has 0 saturated carbocycles. The second-order valence-electron chi connectivity index (χ2n) is 1.70. The Hall–Kier alpha value is -0.0800. The number of aliphatic hydroxyl groups is 1.